The summed E-state index contributed by atoms with van der Waals surface area (Å²) >= 11 is 26.0. The first-order chi connectivity index (χ1) is 16.3. The van der Waals surface area contributed by atoms with Crippen LogP contribution in [0.1, 0.15) is 19.5 Å². The molecule has 1 heterocycles. The third-order valence-electron chi connectivity index (χ3n) is 5.40. The fourth-order valence-electron chi connectivity index (χ4n) is 3.57. The van der Waals surface area contributed by atoms with Crippen molar-refractivity contribution >= 4 is 56.2 Å². The molecule has 3 aromatic carbocycles. The Balaban J connectivity index is 1.91. The van der Waals surface area contributed by atoms with Crippen LogP contribution in [0.3, 0.4) is 0 Å². The number of benzene rings is 3. The molecule has 0 saturated carbocycles. The molecule has 4 rings (SSSR count). The van der Waals surface area contributed by atoms with Gasteiger partial charge in [0.05, 0.1) is 36.9 Å². The Morgan fingerprint density at radius 2 is 1.54 bits per heavy atom. The number of aliphatic hydroxyl groups is 1. The average molecular weight is 570 g/mol. The summed E-state index contributed by atoms with van der Waals surface area (Å²) in [4.78, 5) is 4.77. The molecule has 10 heteroatoms. The second kappa shape index (κ2) is 9.43. The molecule has 0 unspecified atom stereocenters. The van der Waals surface area contributed by atoms with E-state index in [2.05, 4.69) is 4.98 Å². The van der Waals surface area contributed by atoms with E-state index in [1.807, 2.05) is 0 Å². The zero-order valence-electron chi connectivity index (χ0n) is 18.9. The Labute approximate surface area is 223 Å². The van der Waals surface area contributed by atoms with Gasteiger partial charge in [-0.25, -0.2) is 13.4 Å². The van der Waals surface area contributed by atoms with Gasteiger partial charge in [-0.3, -0.25) is 4.57 Å². The van der Waals surface area contributed by atoms with Gasteiger partial charge in [-0.15, -0.1) is 0 Å². The van der Waals surface area contributed by atoms with Crippen LogP contribution in [0.4, 0.5) is 0 Å². The minimum Gasteiger partial charge on any atom is -0.384 e. The van der Waals surface area contributed by atoms with E-state index >= 15 is 0 Å². The first-order valence-electron chi connectivity index (χ1n) is 10.3. The predicted octanol–water partition coefficient (Wildman–Crippen LogP) is 7.45. The van der Waals surface area contributed by atoms with Crippen molar-refractivity contribution in [2.45, 2.75) is 24.3 Å². The molecule has 4 aromatic rings. The molecule has 0 aliphatic carbocycles. The van der Waals surface area contributed by atoms with Gasteiger partial charge in [-0.05, 0) is 61.9 Å². The van der Waals surface area contributed by atoms with Crippen LogP contribution in [0.2, 0.25) is 20.1 Å². The lowest BCUT2D eigenvalue weighted by atomic mass is 10.0. The maximum absolute atomic E-state index is 12.0. The van der Waals surface area contributed by atoms with Crippen molar-refractivity contribution in [1.29, 1.82) is 0 Å². The van der Waals surface area contributed by atoms with Crippen molar-refractivity contribution in [2.75, 3.05) is 6.26 Å². The zero-order chi connectivity index (χ0) is 25.7. The first kappa shape index (κ1) is 26.0. The largest absolute Gasteiger partial charge is 0.384 e. The topological polar surface area (TPSA) is 72.2 Å². The van der Waals surface area contributed by atoms with Gasteiger partial charge in [-0.1, -0.05) is 58.5 Å². The lowest BCUT2D eigenvalue weighted by molar-refractivity contribution is 0.0743. The van der Waals surface area contributed by atoms with E-state index < -0.39 is 15.4 Å². The second-order valence-electron chi connectivity index (χ2n) is 8.56. The number of sulfone groups is 1. The number of hydrogen-bond acceptors (Lipinski definition) is 4. The molecule has 0 radical (unpaired) electrons. The van der Waals surface area contributed by atoms with Crippen molar-refractivity contribution in [3.63, 3.8) is 0 Å². The highest BCUT2D eigenvalue weighted by Crippen LogP contribution is 2.39. The molecule has 1 aromatic heterocycles. The van der Waals surface area contributed by atoms with Crippen molar-refractivity contribution in [3.8, 4) is 28.2 Å². The van der Waals surface area contributed by atoms with E-state index in [4.69, 9.17) is 46.4 Å². The standard InChI is InChI=1S/C25H20Cl4N2O3S/c1-25(2,32)22-13-31(24(30-22)23-18(27)5-4-6-19(23)28)21-10-7-14(11-20(21)29)16-12-15(35(3,33)34)8-9-17(16)26/h4-13,32H,1-3H3. The molecule has 0 bridgehead atoms. The predicted molar refractivity (Wildman–Crippen MR) is 143 cm³/mol. The van der Waals surface area contributed by atoms with Gasteiger partial charge in [-0.2, -0.15) is 0 Å². The van der Waals surface area contributed by atoms with Crippen LogP contribution < -0.4 is 0 Å². The van der Waals surface area contributed by atoms with Gasteiger partial charge in [0.2, 0.25) is 0 Å². The Hall–Kier alpha value is -2.06. The van der Waals surface area contributed by atoms with Gasteiger partial charge < -0.3 is 5.11 Å². The minimum atomic E-state index is -3.42. The van der Waals surface area contributed by atoms with E-state index in [0.717, 1.165) is 6.26 Å². The molecule has 0 atom stereocenters. The highest BCUT2D eigenvalue weighted by molar-refractivity contribution is 7.90. The summed E-state index contributed by atoms with van der Waals surface area (Å²) in [6.45, 7) is 3.25. The van der Waals surface area contributed by atoms with Gasteiger partial charge in [0.25, 0.3) is 0 Å². The Kier molecular flexibility index (Phi) is 7.01. The van der Waals surface area contributed by atoms with Gasteiger partial charge in [0, 0.05) is 23.0 Å². The van der Waals surface area contributed by atoms with Crippen LogP contribution in [0.15, 0.2) is 65.7 Å². The molecule has 0 fully saturated rings. The van der Waals surface area contributed by atoms with Crippen molar-refractivity contribution in [3.05, 3.63) is 86.6 Å². The van der Waals surface area contributed by atoms with Crippen molar-refractivity contribution in [1.82, 2.24) is 9.55 Å². The number of halogens is 4. The van der Waals surface area contributed by atoms with E-state index in [0.29, 0.717) is 54.0 Å². The molecule has 0 aliphatic rings. The lowest BCUT2D eigenvalue weighted by Crippen LogP contribution is -2.15. The summed E-state index contributed by atoms with van der Waals surface area (Å²) in [5.41, 5.74) is 1.37. The smallest absolute Gasteiger partial charge is 0.175 e. The van der Waals surface area contributed by atoms with E-state index in [-0.39, 0.29) is 4.90 Å². The number of imidazole rings is 1. The first-order valence-corrected chi connectivity index (χ1v) is 13.7. The summed E-state index contributed by atoms with van der Waals surface area (Å²) < 4.78 is 25.8. The van der Waals surface area contributed by atoms with Crippen LogP contribution in [0.5, 0.6) is 0 Å². The lowest BCUT2D eigenvalue weighted by Gasteiger charge is -2.14. The number of rotatable bonds is 5. The Bertz CT molecular complexity index is 1540. The molecule has 0 spiro atoms. The van der Waals surface area contributed by atoms with Crippen LogP contribution in [-0.4, -0.2) is 29.3 Å². The summed E-state index contributed by atoms with van der Waals surface area (Å²) in [5.74, 6) is 0.407. The van der Waals surface area contributed by atoms with E-state index in [1.165, 1.54) is 18.2 Å². The van der Waals surface area contributed by atoms with Crippen LogP contribution >= 0.6 is 46.4 Å². The molecule has 182 valence electrons. The number of hydrogen-bond donors (Lipinski definition) is 1. The summed E-state index contributed by atoms with van der Waals surface area (Å²) in [7, 11) is -3.42. The highest BCUT2D eigenvalue weighted by atomic mass is 35.5. The van der Waals surface area contributed by atoms with E-state index in [9.17, 15) is 13.5 Å². The van der Waals surface area contributed by atoms with Gasteiger partial charge >= 0.3 is 0 Å². The SMILES string of the molecule is CC(C)(O)c1cn(-c2ccc(-c3cc(S(C)(=O)=O)ccc3Cl)cc2Cl)c(-c2c(Cl)cccc2Cl)n1. The van der Waals surface area contributed by atoms with Crippen molar-refractivity contribution < 1.29 is 13.5 Å². The van der Waals surface area contributed by atoms with Crippen molar-refractivity contribution in [2.24, 2.45) is 0 Å². The molecule has 1 N–H and O–H groups in total. The van der Waals surface area contributed by atoms with Crippen LogP contribution in [-0.2, 0) is 15.4 Å². The van der Waals surface area contributed by atoms with E-state index in [1.54, 1.807) is 61.0 Å². The quantitative estimate of drug-likeness (QED) is 0.271. The molecule has 0 amide bonds. The number of nitrogens with zero attached hydrogens (tertiary/aromatic N) is 2. The Morgan fingerprint density at radius 1 is 0.886 bits per heavy atom. The maximum atomic E-state index is 12.0. The third-order valence-corrected chi connectivity index (χ3v) is 7.78. The monoisotopic (exact) mass is 568 g/mol. The third kappa shape index (κ3) is 5.24. The molecule has 0 saturated heterocycles. The number of aromatic nitrogens is 2. The maximum Gasteiger partial charge on any atom is 0.175 e. The molecule has 0 aliphatic heterocycles. The highest BCUT2D eigenvalue weighted by Gasteiger charge is 2.26. The molecular formula is C25H20Cl4N2O3S. The minimum absolute atomic E-state index is 0.150. The summed E-state index contributed by atoms with van der Waals surface area (Å²) in [6, 6.07) is 14.9. The summed E-state index contributed by atoms with van der Waals surface area (Å²) in [5, 5.41) is 12.1. The van der Waals surface area contributed by atoms with Gasteiger partial charge in [0.15, 0.2) is 9.84 Å². The van der Waals surface area contributed by atoms with Crippen LogP contribution in [0.25, 0.3) is 28.2 Å². The summed E-state index contributed by atoms with van der Waals surface area (Å²) in [6.07, 6.45) is 2.81. The Morgan fingerprint density at radius 3 is 2.11 bits per heavy atom. The molecule has 5 nitrogen and oxygen atoms in total. The second-order valence-corrected chi connectivity index (χ2v) is 12.2. The average Bonchev–Trinajstić information content (AvgIpc) is 3.18. The fraction of sp³-hybridized carbons (Fsp3) is 0.160. The van der Waals surface area contributed by atoms with Gasteiger partial charge in [0.1, 0.15) is 11.4 Å². The molecule has 35 heavy (non-hydrogen) atoms. The normalized spacial score (nSPS) is 12.2. The molecular weight excluding hydrogens is 550 g/mol. The fourth-order valence-corrected chi connectivity index (χ4v) is 5.28. The zero-order valence-corrected chi connectivity index (χ0v) is 22.7. The van der Waals surface area contributed by atoms with Crippen LogP contribution in [0, 0.1) is 0 Å².